The maximum atomic E-state index is 12.8. The van der Waals surface area contributed by atoms with Crippen LogP contribution in [0.15, 0.2) is 59.2 Å². The van der Waals surface area contributed by atoms with Gasteiger partial charge >= 0.3 is 0 Å². The zero-order valence-electron chi connectivity index (χ0n) is 15.9. The van der Waals surface area contributed by atoms with Gasteiger partial charge in [-0.2, -0.15) is 5.10 Å². The van der Waals surface area contributed by atoms with E-state index in [2.05, 4.69) is 10.5 Å². The molecule has 0 spiro atoms. The Morgan fingerprint density at radius 2 is 1.76 bits per heavy atom. The number of rotatable bonds is 6. The molecule has 1 amide bonds. The molecular weight excluding hydrogens is 374 g/mol. The number of nitro groups is 1. The third kappa shape index (κ3) is 4.06. The monoisotopic (exact) mass is 393 g/mol. The molecule has 29 heavy (non-hydrogen) atoms. The van der Waals surface area contributed by atoms with Crippen molar-refractivity contribution in [2.24, 2.45) is 11.0 Å². The minimum absolute atomic E-state index is 0.0731. The third-order valence-electron chi connectivity index (χ3n) is 4.41. The highest BCUT2D eigenvalue weighted by Crippen LogP contribution is 2.32. The summed E-state index contributed by atoms with van der Waals surface area (Å²) in [5.41, 5.74) is 3.60. The van der Waals surface area contributed by atoms with Crippen molar-refractivity contribution in [1.82, 2.24) is 5.43 Å². The molecule has 0 unspecified atom stereocenters. The SMILES string of the molecule is CC(C)C/C(=N/NC(=O)c1ccc([N+](=O)[O-])cc1)C1=C(O)c2ccccc2C1=O. The Kier molecular flexibility index (Phi) is 5.54. The number of fused-ring (bicyclic) bond motifs is 1. The van der Waals surface area contributed by atoms with E-state index in [1.54, 1.807) is 24.3 Å². The van der Waals surface area contributed by atoms with Crippen molar-refractivity contribution in [2.75, 3.05) is 0 Å². The second kappa shape index (κ2) is 8.05. The normalized spacial score (nSPS) is 13.6. The van der Waals surface area contributed by atoms with Crippen LogP contribution in [-0.4, -0.2) is 27.4 Å². The number of carbonyl (C=O) groups excluding carboxylic acids is 2. The predicted molar refractivity (Wildman–Crippen MR) is 108 cm³/mol. The number of allylic oxidation sites excluding steroid dienone is 1. The lowest BCUT2D eigenvalue weighted by Gasteiger charge is -2.10. The van der Waals surface area contributed by atoms with Crippen LogP contribution < -0.4 is 5.43 Å². The van der Waals surface area contributed by atoms with Gasteiger partial charge in [0.1, 0.15) is 5.76 Å². The zero-order valence-corrected chi connectivity index (χ0v) is 15.9. The number of aliphatic hydroxyl groups is 1. The molecule has 0 radical (unpaired) electrons. The minimum Gasteiger partial charge on any atom is -0.506 e. The first-order chi connectivity index (χ1) is 13.8. The lowest BCUT2D eigenvalue weighted by molar-refractivity contribution is -0.384. The topological polar surface area (TPSA) is 122 Å². The van der Waals surface area contributed by atoms with Crippen molar-refractivity contribution in [3.05, 3.63) is 80.9 Å². The van der Waals surface area contributed by atoms with E-state index in [0.717, 1.165) is 0 Å². The number of non-ortho nitro benzene ring substituents is 1. The lowest BCUT2D eigenvalue weighted by Crippen LogP contribution is -2.23. The van der Waals surface area contributed by atoms with E-state index in [9.17, 15) is 24.8 Å². The first-order valence-corrected chi connectivity index (χ1v) is 8.98. The molecule has 0 aromatic heterocycles. The molecule has 8 heteroatoms. The van der Waals surface area contributed by atoms with Gasteiger partial charge in [0.05, 0.1) is 16.2 Å². The van der Waals surface area contributed by atoms with Crippen LogP contribution in [0.5, 0.6) is 0 Å². The van der Waals surface area contributed by atoms with Gasteiger partial charge in [0, 0.05) is 28.8 Å². The molecule has 2 aromatic rings. The van der Waals surface area contributed by atoms with E-state index in [-0.39, 0.29) is 40.0 Å². The summed E-state index contributed by atoms with van der Waals surface area (Å²) in [5, 5.41) is 25.4. The van der Waals surface area contributed by atoms with E-state index in [4.69, 9.17) is 0 Å². The van der Waals surface area contributed by atoms with E-state index in [0.29, 0.717) is 17.5 Å². The maximum Gasteiger partial charge on any atom is 0.271 e. The average Bonchev–Trinajstić information content (AvgIpc) is 2.95. The molecule has 0 aliphatic heterocycles. The van der Waals surface area contributed by atoms with Crippen LogP contribution in [0.4, 0.5) is 5.69 Å². The minimum atomic E-state index is -0.579. The largest absolute Gasteiger partial charge is 0.506 e. The summed E-state index contributed by atoms with van der Waals surface area (Å²) < 4.78 is 0. The van der Waals surface area contributed by atoms with Crippen molar-refractivity contribution in [2.45, 2.75) is 20.3 Å². The molecule has 2 aromatic carbocycles. The van der Waals surface area contributed by atoms with Crippen LogP contribution in [0.3, 0.4) is 0 Å². The van der Waals surface area contributed by atoms with Crippen LogP contribution >= 0.6 is 0 Å². The first-order valence-electron chi connectivity index (χ1n) is 8.98. The van der Waals surface area contributed by atoms with Gasteiger partial charge in [0.15, 0.2) is 5.78 Å². The van der Waals surface area contributed by atoms with Crippen molar-refractivity contribution in [3.63, 3.8) is 0 Å². The summed E-state index contributed by atoms with van der Waals surface area (Å²) in [6.45, 7) is 3.86. The summed E-state index contributed by atoms with van der Waals surface area (Å²) in [5.74, 6) is -0.970. The number of carbonyl (C=O) groups is 2. The van der Waals surface area contributed by atoms with Crippen LogP contribution in [0.1, 0.15) is 46.5 Å². The van der Waals surface area contributed by atoms with E-state index in [1.165, 1.54) is 24.3 Å². The standard InChI is InChI=1S/C21H19N3O5/c1-12(2)11-17(18-19(25)15-5-3-4-6-16(15)20(18)26)22-23-21(27)13-7-9-14(10-8-13)24(28)29/h3-10,12,25H,11H2,1-2H3,(H,23,27)/b22-17-. The van der Waals surface area contributed by atoms with Gasteiger partial charge in [0.2, 0.25) is 0 Å². The number of nitrogens with one attached hydrogen (secondary N) is 1. The number of ketones is 1. The molecule has 0 heterocycles. The van der Waals surface area contributed by atoms with E-state index in [1.807, 2.05) is 13.8 Å². The van der Waals surface area contributed by atoms with Crippen molar-refractivity contribution < 1.29 is 19.6 Å². The van der Waals surface area contributed by atoms with Crippen molar-refractivity contribution in [3.8, 4) is 0 Å². The predicted octanol–water partition coefficient (Wildman–Crippen LogP) is 3.89. The number of hydrogen-bond donors (Lipinski definition) is 2. The number of amides is 1. The Balaban J connectivity index is 1.89. The van der Waals surface area contributed by atoms with Gasteiger partial charge in [-0.15, -0.1) is 0 Å². The second-order valence-corrected chi connectivity index (χ2v) is 7.00. The first kappa shape index (κ1) is 19.9. The van der Waals surface area contributed by atoms with E-state index < -0.39 is 10.8 Å². The van der Waals surface area contributed by atoms with Crippen LogP contribution in [0, 0.1) is 16.0 Å². The number of benzene rings is 2. The van der Waals surface area contributed by atoms with Crippen molar-refractivity contribution in [1.29, 1.82) is 0 Å². The summed E-state index contributed by atoms with van der Waals surface area (Å²) in [7, 11) is 0. The van der Waals surface area contributed by atoms with Gasteiger partial charge in [-0.1, -0.05) is 38.1 Å². The van der Waals surface area contributed by atoms with Gasteiger partial charge in [0.25, 0.3) is 11.6 Å². The number of nitrogens with zero attached hydrogens (tertiary/aromatic N) is 2. The highest BCUT2D eigenvalue weighted by molar-refractivity contribution is 6.35. The number of aliphatic hydroxyl groups excluding tert-OH is 1. The second-order valence-electron chi connectivity index (χ2n) is 7.00. The van der Waals surface area contributed by atoms with Crippen LogP contribution in [-0.2, 0) is 0 Å². The zero-order chi connectivity index (χ0) is 21.1. The lowest BCUT2D eigenvalue weighted by atomic mass is 9.98. The summed E-state index contributed by atoms with van der Waals surface area (Å²) >= 11 is 0. The highest BCUT2D eigenvalue weighted by atomic mass is 16.6. The molecule has 0 fully saturated rings. The molecule has 1 aliphatic rings. The Labute approximate surface area is 166 Å². The molecule has 1 aliphatic carbocycles. The maximum absolute atomic E-state index is 12.8. The number of hydrazone groups is 1. The highest BCUT2D eigenvalue weighted by Gasteiger charge is 2.32. The van der Waals surface area contributed by atoms with E-state index >= 15 is 0 Å². The molecule has 0 saturated heterocycles. The summed E-state index contributed by atoms with van der Waals surface area (Å²) in [6.07, 6.45) is 0.361. The fourth-order valence-corrected chi connectivity index (χ4v) is 3.04. The van der Waals surface area contributed by atoms with Gasteiger partial charge in [-0.05, 0) is 24.5 Å². The number of nitro benzene ring substituents is 1. The van der Waals surface area contributed by atoms with Crippen LogP contribution in [0.25, 0.3) is 5.76 Å². The smallest absolute Gasteiger partial charge is 0.271 e. The molecule has 0 saturated carbocycles. The summed E-state index contributed by atoms with van der Waals surface area (Å²) in [4.78, 5) is 35.3. The molecule has 0 bridgehead atoms. The third-order valence-corrected chi connectivity index (χ3v) is 4.41. The molecule has 2 N–H and O–H groups in total. The Bertz CT molecular complexity index is 1050. The number of hydrogen-bond acceptors (Lipinski definition) is 6. The fraction of sp³-hybridized carbons (Fsp3) is 0.190. The Morgan fingerprint density at radius 1 is 1.14 bits per heavy atom. The fourth-order valence-electron chi connectivity index (χ4n) is 3.04. The molecular formula is C21H19N3O5. The van der Waals surface area contributed by atoms with Gasteiger partial charge in [-0.3, -0.25) is 19.7 Å². The number of Topliss-reactive ketones (excluding diaryl/α,β-unsaturated/α-hetero) is 1. The average molecular weight is 393 g/mol. The van der Waals surface area contributed by atoms with Crippen molar-refractivity contribution >= 4 is 28.8 Å². The molecule has 3 rings (SSSR count). The van der Waals surface area contributed by atoms with Crippen LogP contribution in [0.2, 0.25) is 0 Å². The van der Waals surface area contributed by atoms with Gasteiger partial charge in [-0.25, -0.2) is 5.43 Å². The molecule has 8 nitrogen and oxygen atoms in total. The summed E-state index contributed by atoms with van der Waals surface area (Å²) in [6, 6.07) is 11.8. The van der Waals surface area contributed by atoms with Gasteiger partial charge < -0.3 is 5.11 Å². The Morgan fingerprint density at radius 3 is 2.31 bits per heavy atom. The quantitative estimate of drug-likeness (QED) is 0.438. The Hall–Kier alpha value is -3.81. The molecule has 148 valence electrons. The molecule has 0 atom stereocenters.